The van der Waals surface area contributed by atoms with E-state index in [-0.39, 0.29) is 0 Å². The normalized spacial score (nSPS) is 11.8. The highest BCUT2D eigenvalue weighted by Crippen LogP contribution is 2.34. The maximum atomic E-state index is 10.2. The van der Waals surface area contributed by atoms with Gasteiger partial charge in [-0.25, -0.2) is 14.5 Å². The summed E-state index contributed by atoms with van der Waals surface area (Å²) in [6.07, 6.45) is 9.89. The summed E-state index contributed by atoms with van der Waals surface area (Å²) in [6.45, 7) is 0. The van der Waals surface area contributed by atoms with Gasteiger partial charge >= 0.3 is 0 Å². The SMILES string of the molecule is N#Cc1c(-c2ccccc2)c2cc3nc(cc4ccc(cc5nc(cc1n2C#N)C=C5)[nH]4)C=C3. The zero-order valence-corrected chi connectivity index (χ0v) is 17.9. The largest absolute Gasteiger partial charge is 0.355 e. The minimum Gasteiger partial charge on any atom is -0.355 e. The fourth-order valence-electron chi connectivity index (χ4n) is 4.31. The van der Waals surface area contributed by atoms with Crippen LogP contribution in [-0.2, 0) is 0 Å². The van der Waals surface area contributed by atoms with Crippen LogP contribution in [-0.4, -0.2) is 19.5 Å². The van der Waals surface area contributed by atoms with E-state index < -0.39 is 0 Å². The van der Waals surface area contributed by atoms with Crippen LogP contribution in [0, 0.1) is 22.8 Å². The lowest BCUT2D eigenvalue weighted by atomic mass is 10.0. The van der Waals surface area contributed by atoms with Crippen molar-refractivity contribution in [2.24, 2.45) is 0 Å². The standard InChI is InChI=1S/C28H16N6/c29-16-25-26-14-23-10-8-21(32-23)12-19-6-7-20(31-19)13-22-9-11-24(33-22)15-27(34(26)17-30)28(25)18-4-2-1-3-5-18/h1-15,31H. The van der Waals surface area contributed by atoms with Gasteiger partial charge < -0.3 is 4.98 Å². The van der Waals surface area contributed by atoms with Crippen molar-refractivity contribution in [3.8, 4) is 23.4 Å². The molecular weight excluding hydrogens is 420 g/mol. The molecule has 0 radical (unpaired) electrons. The van der Waals surface area contributed by atoms with Crippen molar-refractivity contribution in [2.75, 3.05) is 0 Å². The average molecular weight is 436 g/mol. The third-order valence-corrected chi connectivity index (χ3v) is 5.79. The van der Waals surface area contributed by atoms with Crippen LogP contribution in [0.3, 0.4) is 0 Å². The first kappa shape index (κ1) is 19.5. The molecule has 2 aliphatic heterocycles. The number of aromatic amines is 1. The van der Waals surface area contributed by atoms with Crippen molar-refractivity contribution >= 4 is 46.4 Å². The minimum absolute atomic E-state index is 0.420. The lowest BCUT2D eigenvalue weighted by Gasteiger charge is -2.00. The first-order valence-electron chi connectivity index (χ1n) is 10.7. The van der Waals surface area contributed by atoms with Crippen LogP contribution >= 0.6 is 0 Å². The van der Waals surface area contributed by atoms with Crippen molar-refractivity contribution < 1.29 is 0 Å². The van der Waals surface area contributed by atoms with Crippen molar-refractivity contribution in [1.29, 1.82) is 10.5 Å². The quantitative estimate of drug-likeness (QED) is 0.342. The molecule has 34 heavy (non-hydrogen) atoms. The Hall–Kier alpha value is -5.20. The molecular formula is C28H16N6. The molecule has 4 aromatic rings. The summed E-state index contributed by atoms with van der Waals surface area (Å²) in [5.74, 6) is 0. The number of nitrogens with one attached hydrogen (secondary N) is 1. The molecule has 0 unspecified atom stereocenters. The van der Waals surface area contributed by atoms with Gasteiger partial charge in [-0.05, 0) is 66.3 Å². The zero-order valence-electron chi connectivity index (χ0n) is 17.9. The van der Waals surface area contributed by atoms with E-state index in [9.17, 15) is 10.5 Å². The van der Waals surface area contributed by atoms with Crippen molar-refractivity contribution in [3.63, 3.8) is 0 Å². The summed E-state index contributed by atoms with van der Waals surface area (Å²) in [5.41, 5.74) is 7.87. The molecule has 0 amide bonds. The second kappa shape index (κ2) is 7.74. The lowest BCUT2D eigenvalue weighted by Crippen LogP contribution is -1.88. The number of fused-ring (bicyclic) bond motifs is 8. The van der Waals surface area contributed by atoms with Crippen LogP contribution in [0.5, 0.6) is 0 Å². The number of benzene rings is 1. The van der Waals surface area contributed by atoms with Gasteiger partial charge in [0.05, 0.1) is 39.4 Å². The Morgan fingerprint density at radius 2 is 1.24 bits per heavy atom. The van der Waals surface area contributed by atoms with Crippen molar-refractivity contribution in [2.45, 2.75) is 0 Å². The van der Waals surface area contributed by atoms with Crippen molar-refractivity contribution in [1.82, 2.24) is 19.5 Å². The molecule has 0 atom stereocenters. The summed E-state index contributed by atoms with van der Waals surface area (Å²) >= 11 is 0. The Morgan fingerprint density at radius 3 is 1.79 bits per heavy atom. The van der Waals surface area contributed by atoms with E-state index >= 15 is 0 Å². The Labute approximate surface area is 195 Å². The van der Waals surface area contributed by atoms with Crippen LogP contribution in [0.15, 0.2) is 66.7 Å². The molecule has 6 nitrogen and oxygen atoms in total. The van der Waals surface area contributed by atoms with Gasteiger partial charge in [0.2, 0.25) is 0 Å². The third kappa shape index (κ3) is 3.28. The van der Waals surface area contributed by atoms with E-state index in [1.165, 1.54) is 4.57 Å². The highest BCUT2D eigenvalue weighted by atomic mass is 15.0. The summed E-state index contributed by atoms with van der Waals surface area (Å²) in [6, 6.07) is 23.5. The first-order valence-corrected chi connectivity index (χ1v) is 10.7. The Kier molecular flexibility index (Phi) is 4.43. The van der Waals surface area contributed by atoms with E-state index in [1.807, 2.05) is 85.0 Å². The third-order valence-electron chi connectivity index (χ3n) is 5.79. The van der Waals surface area contributed by atoms with E-state index in [0.717, 1.165) is 28.0 Å². The molecule has 8 bridgehead atoms. The van der Waals surface area contributed by atoms with Crippen molar-refractivity contribution in [3.05, 3.63) is 95.1 Å². The lowest BCUT2D eigenvalue weighted by molar-refractivity contribution is 1.19. The van der Waals surface area contributed by atoms with E-state index in [2.05, 4.69) is 22.2 Å². The number of hydrogen-bond acceptors (Lipinski definition) is 4. The number of nitriles is 2. The topological polar surface area (TPSA) is 94.1 Å². The molecule has 0 aliphatic carbocycles. The van der Waals surface area contributed by atoms with Gasteiger partial charge in [0.25, 0.3) is 0 Å². The van der Waals surface area contributed by atoms with E-state index in [4.69, 9.17) is 4.98 Å². The van der Waals surface area contributed by atoms with Gasteiger partial charge in [-0.2, -0.15) is 10.5 Å². The van der Waals surface area contributed by atoms with Crippen LogP contribution in [0.4, 0.5) is 0 Å². The Balaban J connectivity index is 1.82. The summed E-state index contributed by atoms with van der Waals surface area (Å²) in [5, 5.41) is 20.3. The minimum atomic E-state index is 0.420. The maximum Gasteiger partial charge on any atom is 0.189 e. The molecule has 158 valence electrons. The zero-order chi connectivity index (χ0) is 23.1. The van der Waals surface area contributed by atoms with Crippen LogP contribution < -0.4 is 0 Å². The molecule has 6 heteroatoms. The molecule has 3 aromatic heterocycles. The molecule has 1 N–H and O–H groups in total. The number of hydrogen-bond donors (Lipinski definition) is 1. The van der Waals surface area contributed by atoms with Gasteiger partial charge in [0, 0.05) is 16.6 Å². The second-order valence-electron chi connectivity index (χ2n) is 7.97. The Bertz CT molecular complexity index is 1770. The number of H-pyrrole nitrogens is 1. The molecule has 0 spiro atoms. The maximum absolute atomic E-state index is 10.2. The summed E-state index contributed by atoms with van der Waals surface area (Å²) in [4.78, 5) is 12.7. The van der Waals surface area contributed by atoms with Gasteiger partial charge in [0.15, 0.2) is 6.19 Å². The number of aromatic nitrogens is 4. The van der Waals surface area contributed by atoms with Gasteiger partial charge in [-0.3, -0.25) is 0 Å². The predicted molar refractivity (Wildman–Crippen MR) is 134 cm³/mol. The molecule has 0 saturated carbocycles. The summed E-state index contributed by atoms with van der Waals surface area (Å²) in [7, 11) is 0. The van der Waals surface area contributed by atoms with Gasteiger partial charge in [-0.1, -0.05) is 30.3 Å². The van der Waals surface area contributed by atoms with E-state index in [0.29, 0.717) is 33.5 Å². The average Bonchev–Trinajstić information content (AvgIpc) is 3.63. The van der Waals surface area contributed by atoms with Crippen LogP contribution in [0.2, 0.25) is 0 Å². The summed E-state index contributed by atoms with van der Waals surface area (Å²) < 4.78 is 1.49. The molecule has 2 aliphatic rings. The van der Waals surface area contributed by atoms with E-state index in [1.54, 1.807) is 6.07 Å². The van der Waals surface area contributed by atoms with Gasteiger partial charge in [0.1, 0.15) is 6.07 Å². The molecule has 1 aromatic carbocycles. The molecule has 5 heterocycles. The van der Waals surface area contributed by atoms with Crippen LogP contribution in [0.25, 0.3) is 57.5 Å². The smallest absolute Gasteiger partial charge is 0.189 e. The van der Waals surface area contributed by atoms with Gasteiger partial charge in [-0.15, -0.1) is 0 Å². The predicted octanol–water partition coefficient (Wildman–Crippen LogP) is 6.00. The highest BCUT2D eigenvalue weighted by molar-refractivity contribution is 5.95. The van der Waals surface area contributed by atoms with Crippen LogP contribution in [0.1, 0.15) is 28.3 Å². The molecule has 0 fully saturated rings. The highest BCUT2D eigenvalue weighted by Gasteiger charge is 2.19. The monoisotopic (exact) mass is 436 g/mol. The molecule has 0 saturated heterocycles. The second-order valence-corrected chi connectivity index (χ2v) is 7.97. The fourth-order valence-corrected chi connectivity index (χ4v) is 4.31. The molecule has 6 rings (SSSR count). The Morgan fingerprint density at radius 1 is 0.676 bits per heavy atom. The number of nitrogens with zero attached hydrogens (tertiary/aromatic N) is 5. The first-order chi connectivity index (χ1) is 16.7. The number of rotatable bonds is 1. The fraction of sp³-hybridized carbons (Fsp3) is 0.